The number of nitriles is 1. The molecule has 4 nitrogen and oxygen atoms in total. The molecule has 0 bridgehead atoms. The van der Waals surface area contributed by atoms with E-state index in [4.69, 9.17) is 5.26 Å². The summed E-state index contributed by atoms with van der Waals surface area (Å²) < 4.78 is 0. The van der Waals surface area contributed by atoms with Gasteiger partial charge in [0.05, 0.1) is 0 Å². The van der Waals surface area contributed by atoms with E-state index in [1.54, 1.807) is 6.07 Å². The number of likely N-dealkylation sites (tertiary alicyclic amines) is 1. The Morgan fingerprint density at radius 1 is 1.60 bits per heavy atom. The van der Waals surface area contributed by atoms with E-state index < -0.39 is 0 Å². The molecule has 78 valence electrons. The van der Waals surface area contributed by atoms with Gasteiger partial charge in [0.15, 0.2) is 0 Å². The fourth-order valence-corrected chi connectivity index (χ4v) is 2.00. The number of hydrogen-bond donors (Lipinski definition) is 1. The standard InChI is InChI=1S/C11H13N3O/c1-14-5-4-9(7-14)10-3-2-8(6-12)11(15)13-10/h2-3,9H,4-5,7H2,1H3,(H,13,15). The van der Waals surface area contributed by atoms with E-state index >= 15 is 0 Å². The molecule has 1 atom stereocenters. The maximum atomic E-state index is 11.4. The summed E-state index contributed by atoms with van der Waals surface area (Å²) in [6.07, 6.45) is 1.07. The molecule has 1 saturated heterocycles. The van der Waals surface area contributed by atoms with Gasteiger partial charge in [-0.2, -0.15) is 5.26 Å². The van der Waals surface area contributed by atoms with E-state index in [9.17, 15) is 4.79 Å². The van der Waals surface area contributed by atoms with Gasteiger partial charge in [-0.1, -0.05) is 0 Å². The molecule has 0 aromatic carbocycles. The van der Waals surface area contributed by atoms with Crippen LogP contribution in [0.5, 0.6) is 0 Å². The predicted octanol–water partition coefficient (Wildman–Crippen LogP) is 0.666. The zero-order valence-electron chi connectivity index (χ0n) is 8.66. The highest BCUT2D eigenvalue weighted by atomic mass is 16.1. The number of aromatic nitrogens is 1. The number of nitrogens with one attached hydrogen (secondary N) is 1. The molecule has 1 unspecified atom stereocenters. The molecular weight excluding hydrogens is 190 g/mol. The van der Waals surface area contributed by atoms with Gasteiger partial charge < -0.3 is 9.88 Å². The van der Waals surface area contributed by atoms with Crippen molar-refractivity contribution in [2.75, 3.05) is 20.1 Å². The Bertz CT molecular complexity index is 458. The molecule has 1 aromatic heterocycles. The quantitative estimate of drug-likeness (QED) is 0.729. The van der Waals surface area contributed by atoms with E-state index in [0.717, 1.165) is 25.2 Å². The van der Waals surface area contributed by atoms with Gasteiger partial charge in [-0.05, 0) is 32.1 Å². The maximum Gasteiger partial charge on any atom is 0.266 e. The normalized spacial score (nSPS) is 21.5. The van der Waals surface area contributed by atoms with Gasteiger partial charge in [0.25, 0.3) is 5.56 Å². The van der Waals surface area contributed by atoms with E-state index in [1.165, 1.54) is 0 Å². The first-order valence-corrected chi connectivity index (χ1v) is 5.02. The van der Waals surface area contributed by atoms with E-state index in [0.29, 0.717) is 5.92 Å². The average Bonchev–Trinajstić information content (AvgIpc) is 2.65. The summed E-state index contributed by atoms with van der Waals surface area (Å²) >= 11 is 0. The summed E-state index contributed by atoms with van der Waals surface area (Å²) in [7, 11) is 2.07. The number of likely N-dealkylation sites (N-methyl/N-ethyl adjacent to an activating group) is 1. The van der Waals surface area contributed by atoms with E-state index in [1.807, 2.05) is 12.1 Å². The summed E-state index contributed by atoms with van der Waals surface area (Å²) in [6, 6.07) is 5.32. The molecule has 0 radical (unpaired) electrons. The lowest BCUT2D eigenvalue weighted by Gasteiger charge is -2.10. The molecule has 1 aliphatic rings. The van der Waals surface area contributed by atoms with E-state index in [2.05, 4.69) is 16.9 Å². The number of nitrogens with zero attached hydrogens (tertiary/aromatic N) is 2. The van der Waals surface area contributed by atoms with Crippen molar-refractivity contribution in [1.29, 1.82) is 5.26 Å². The Labute approximate surface area is 88.1 Å². The average molecular weight is 203 g/mol. The first-order chi connectivity index (χ1) is 7.20. The highest BCUT2D eigenvalue weighted by Crippen LogP contribution is 2.23. The maximum absolute atomic E-state index is 11.4. The van der Waals surface area contributed by atoms with Crippen molar-refractivity contribution >= 4 is 0 Å². The largest absolute Gasteiger partial charge is 0.325 e. The first kappa shape index (κ1) is 9.94. The Kier molecular flexibility index (Phi) is 2.57. The lowest BCUT2D eigenvalue weighted by Crippen LogP contribution is -2.17. The molecule has 0 spiro atoms. The third-order valence-electron chi connectivity index (χ3n) is 2.88. The number of H-pyrrole nitrogens is 1. The minimum Gasteiger partial charge on any atom is -0.325 e. The lowest BCUT2D eigenvalue weighted by molar-refractivity contribution is 0.410. The minimum absolute atomic E-state index is 0.185. The van der Waals surface area contributed by atoms with Crippen molar-refractivity contribution in [3.05, 3.63) is 33.7 Å². The van der Waals surface area contributed by atoms with Gasteiger partial charge in [-0.15, -0.1) is 0 Å². The van der Waals surface area contributed by atoms with Crippen LogP contribution in [0.4, 0.5) is 0 Å². The van der Waals surface area contributed by atoms with Crippen molar-refractivity contribution in [3.63, 3.8) is 0 Å². The van der Waals surface area contributed by atoms with Gasteiger partial charge >= 0.3 is 0 Å². The second-order valence-electron chi connectivity index (χ2n) is 4.02. The number of pyridine rings is 1. The molecule has 1 aliphatic heterocycles. The highest BCUT2D eigenvalue weighted by molar-refractivity contribution is 5.27. The van der Waals surface area contributed by atoms with Crippen molar-refractivity contribution < 1.29 is 0 Å². The summed E-state index contributed by atoms with van der Waals surface area (Å²) in [5.74, 6) is 0.399. The molecule has 1 aromatic rings. The number of hydrogen-bond acceptors (Lipinski definition) is 3. The molecule has 2 rings (SSSR count). The van der Waals surface area contributed by atoms with E-state index in [-0.39, 0.29) is 11.1 Å². The third-order valence-corrected chi connectivity index (χ3v) is 2.88. The summed E-state index contributed by atoms with van der Waals surface area (Å²) in [6.45, 7) is 2.04. The number of aromatic amines is 1. The molecule has 0 saturated carbocycles. The second-order valence-corrected chi connectivity index (χ2v) is 4.02. The van der Waals surface area contributed by atoms with Gasteiger partial charge in [-0.3, -0.25) is 4.79 Å². The summed E-state index contributed by atoms with van der Waals surface area (Å²) in [5.41, 5.74) is 0.859. The Morgan fingerprint density at radius 2 is 2.40 bits per heavy atom. The zero-order chi connectivity index (χ0) is 10.8. The number of rotatable bonds is 1. The smallest absolute Gasteiger partial charge is 0.266 e. The molecule has 0 aliphatic carbocycles. The third kappa shape index (κ3) is 1.92. The minimum atomic E-state index is -0.274. The van der Waals surface area contributed by atoms with Crippen LogP contribution in [-0.2, 0) is 0 Å². The van der Waals surface area contributed by atoms with Crippen LogP contribution in [0.1, 0.15) is 23.6 Å². The molecule has 15 heavy (non-hydrogen) atoms. The van der Waals surface area contributed by atoms with Gasteiger partial charge in [0, 0.05) is 18.2 Å². The monoisotopic (exact) mass is 203 g/mol. The first-order valence-electron chi connectivity index (χ1n) is 5.02. The zero-order valence-corrected chi connectivity index (χ0v) is 8.66. The Hall–Kier alpha value is -1.60. The van der Waals surface area contributed by atoms with Crippen LogP contribution in [0.2, 0.25) is 0 Å². The highest BCUT2D eigenvalue weighted by Gasteiger charge is 2.21. The summed E-state index contributed by atoms with van der Waals surface area (Å²) in [4.78, 5) is 16.4. The van der Waals surface area contributed by atoms with Crippen molar-refractivity contribution in [1.82, 2.24) is 9.88 Å². The van der Waals surface area contributed by atoms with Crippen LogP contribution >= 0.6 is 0 Å². The predicted molar refractivity (Wildman–Crippen MR) is 56.6 cm³/mol. The van der Waals surface area contributed by atoms with Crippen LogP contribution < -0.4 is 5.56 Å². The summed E-state index contributed by atoms with van der Waals surface area (Å²) in [5, 5.41) is 8.64. The molecule has 1 fully saturated rings. The van der Waals surface area contributed by atoms with Gasteiger partial charge in [0.1, 0.15) is 11.6 Å². The Morgan fingerprint density at radius 3 is 2.93 bits per heavy atom. The Balaban J connectivity index is 2.28. The van der Waals surface area contributed by atoms with Crippen molar-refractivity contribution in [2.45, 2.75) is 12.3 Å². The molecule has 1 N–H and O–H groups in total. The topological polar surface area (TPSA) is 59.9 Å². The van der Waals surface area contributed by atoms with Crippen LogP contribution in [0.25, 0.3) is 0 Å². The molecule has 4 heteroatoms. The molecule has 2 heterocycles. The molecular formula is C11H13N3O. The van der Waals surface area contributed by atoms with Gasteiger partial charge in [-0.25, -0.2) is 0 Å². The van der Waals surface area contributed by atoms with Gasteiger partial charge in [0.2, 0.25) is 0 Å². The fraction of sp³-hybridized carbons (Fsp3) is 0.455. The fourth-order valence-electron chi connectivity index (χ4n) is 2.00. The molecule has 0 amide bonds. The SMILES string of the molecule is CN1CCC(c2ccc(C#N)c(=O)[nH]2)C1. The van der Waals surface area contributed by atoms with Crippen molar-refractivity contribution in [3.8, 4) is 6.07 Å². The van der Waals surface area contributed by atoms with Crippen LogP contribution in [-0.4, -0.2) is 30.0 Å². The van der Waals surface area contributed by atoms with Crippen LogP contribution in [0.15, 0.2) is 16.9 Å². The lowest BCUT2D eigenvalue weighted by atomic mass is 10.0. The van der Waals surface area contributed by atoms with Crippen LogP contribution in [0, 0.1) is 11.3 Å². The van der Waals surface area contributed by atoms with Crippen molar-refractivity contribution in [2.24, 2.45) is 0 Å². The second kappa shape index (κ2) is 3.87. The van der Waals surface area contributed by atoms with Crippen LogP contribution in [0.3, 0.4) is 0 Å².